The highest BCUT2D eigenvalue weighted by atomic mass is 32.2. The Bertz CT molecular complexity index is 924. The summed E-state index contributed by atoms with van der Waals surface area (Å²) in [6, 6.07) is 12.5. The van der Waals surface area contributed by atoms with Crippen LogP contribution in [0.4, 0.5) is 5.69 Å². The first kappa shape index (κ1) is 19.0. The van der Waals surface area contributed by atoms with Crippen molar-refractivity contribution in [3.05, 3.63) is 54.4 Å². The van der Waals surface area contributed by atoms with Gasteiger partial charge in [-0.1, -0.05) is 6.07 Å². The third kappa shape index (κ3) is 3.94. The summed E-state index contributed by atoms with van der Waals surface area (Å²) < 4.78 is 27.5. The van der Waals surface area contributed by atoms with E-state index < -0.39 is 10.0 Å². The molecule has 0 spiro atoms. The van der Waals surface area contributed by atoms with Crippen molar-refractivity contribution in [3.63, 3.8) is 0 Å². The number of amides is 1. The zero-order chi connectivity index (χ0) is 19.6. The molecule has 0 saturated carbocycles. The molecule has 2 aromatic rings. The summed E-state index contributed by atoms with van der Waals surface area (Å²) in [5, 5.41) is 0. The fourth-order valence-corrected chi connectivity index (χ4v) is 5.14. The minimum atomic E-state index is -3.52. The Kier molecular flexibility index (Phi) is 5.43. The fraction of sp³-hybridized carbons (Fsp3) is 0.400. The van der Waals surface area contributed by atoms with Gasteiger partial charge in [0.25, 0.3) is 0 Å². The van der Waals surface area contributed by atoms with Crippen LogP contribution >= 0.6 is 0 Å². The summed E-state index contributed by atoms with van der Waals surface area (Å²) >= 11 is 0. The summed E-state index contributed by atoms with van der Waals surface area (Å²) in [5.41, 5.74) is 1.76. The van der Waals surface area contributed by atoms with Gasteiger partial charge in [0.05, 0.1) is 10.6 Å². The number of carbonyl (C=O) groups is 1. The first-order valence-corrected chi connectivity index (χ1v) is 11.0. The Morgan fingerprint density at radius 3 is 2.29 bits per heavy atom. The number of nitrogens with zero attached hydrogens (tertiary/aromatic N) is 4. The molecule has 0 aliphatic carbocycles. The number of benzene rings is 1. The number of aromatic nitrogens is 1. The van der Waals surface area contributed by atoms with Crippen molar-refractivity contribution in [2.45, 2.75) is 24.3 Å². The van der Waals surface area contributed by atoms with Crippen LogP contribution < -0.4 is 4.90 Å². The fourth-order valence-electron chi connectivity index (χ4n) is 3.72. The summed E-state index contributed by atoms with van der Waals surface area (Å²) in [6.45, 7) is 3.70. The molecule has 7 nitrogen and oxygen atoms in total. The number of rotatable bonds is 5. The van der Waals surface area contributed by atoms with Gasteiger partial charge in [-0.05, 0) is 42.8 Å². The average molecular weight is 401 g/mol. The van der Waals surface area contributed by atoms with Crippen molar-refractivity contribution in [3.8, 4) is 0 Å². The highest BCUT2D eigenvalue weighted by molar-refractivity contribution is 7.89. The summed E-state index contributed by atoms with van der Waals surface area (Å²) in [5.74, 6) is 0.0969. The lowest BCUT2D eigenvalue weighted by Crippen LogP contribution is -2.48. The van der Waals surface area contributed by atoms with Crippen LogP contribution in [0.2, 0.25) is 0 Å². The van der Waals surface area contributed by atoms with E-state index in [9.17, 15) is 13.2 Å². The normalized spacial score (nSPS) is 19.3. The molecule has 2 saturated heterocycles. The molecule has 0 N–H and O–H groups in total. The lowest BCUT2D eigenvalue weighted by molar-refractivity contribution is -0.117. The maximum absolute atomic E-state index is 13.0. The molecule has 0 radical (unpaired) electrons. The Morgan fingerprint density at radius 2 is 1.68 bits per heavy atom. The van der Waals surface area contributed by atoms with Crippen LogP contribution in [0.25, 0.3) is 0 Å². The van der Waals surface area contributed by atoms with Gasteiger partial charge in [-0.25, -0.2) is 8.42 Å². The van der Waals surface area contributed by atoms with Crippen LogP contribution in [0.5, 0.6) is 0 Å². The molecular formula is C20H24N4O3S. The third-order valence-electron chi connectivity index (χ3n) is 5.30. The first-order chi connectivity index (χ1) is 13.5. The molecule has 28 heavy (non-hydrogen) atoms. The lowest BCUT2D eigenvalue weighted by atomic mass is 10.3. The van der Waals surface area contributed by atoms with Gasteiger partial charge in [-0.3, -0.25) is 14.7 Å². The molecule has 1 aromatic carbocycles. The van der Waals surface area contributed by atoms with Crippen molar-refractivity contribution < 1.29 is 13.2 Å². The van der Waals surface area contributed by atoms with Crippen LogP contribution in [0.15, 0.2) is 53.6 Å². The van der Waals surface area contributed by atoms with Gasteiger partial charge in [0.1, 0.15) is 0 Å². The Hall–Kier alpha value is -2.29. The Labute approximate surface area is 165 Å². The van der Waals surface area contributed by atoms with E-state index >= 15 is 0 Å². The Balaban J connectivity index is 1.39. The molecule has 1 aromatic heterocycles. The van der Waals surface area contributed by atoms with Crippen molar-refractivity contribution in [1.82, 2.24) is 14.2 Å². The van der Waals surface area contributed by atoms with Crippen LogP contribution in [-0.2, 0) is 21.4 Å². The zero-order valence-corrected chi connectivity index (χ0v) is 16.5. The minimum absolute atomic E-state index is 0.0969. The quantitative estimate of drug-likeness (QED) is 0.764. The molecule has 3 heterocycles. The second kappa shape index (κ2) is 7.98. The second-order valence-corrected chi connectivity index (χ2v) is 9.08. The van der Waals surface area contributed by atoms with E-state index in [2.05, 4.69) is 9.88 Å². The molecule has 1 amide bonds. The van der Waals surface area contributed by atoms with Crippen molar-refractivity contribution in [1.29, 1.82) is 0 Å². The van der Waals surface area contributed by atoms with Gasteiger partial charge < -0.3 is 4.90 Å². The predicted octanol–water partition coefficient (Wildman–Crippen LogP) is 1.71. The van der Waals surface area contributed by atoms with Crippen molar-refractivity contribution in [2.24, 2.45) is 0 Å². The van der Waals surface area contributed by atoms with E-state index in [1.165, 1.54) is 4.31 Å². The van der Waals surface area contributed by atoms with Gasteiger partial charge in [0.2, 0.25) is 15.9 Å². The molecule has 2 fully saturated rings. The SMILES string of the molecule is O=C1CCCN1c1ccc(S(=O)(=O)N2CCN(Cc3ccccn3)CC2)cc1. The molecule has 0 bridgehead atoms. The zero-order valence-electron chi connectivity index (χ0n) is 15.7. The number of hydrogen-bond acceptors (Lipinski definition) is 5. The highest BCUT2D eigenvalue weighted by Gasteiger charge is 2.29. The molecule has 0 atom stereocenters. The monoisotopic (exact) mass is 400 g/mol. The van der Waals surface area contributed by atoms with Gasteiger partial charge in [0, 0.05) is 57.6 Å². The number of anilines is 1. The largest absolute Gasteiger partial charge is 0.312 e. The average Bonchev–Trinajstić information content (AvgIpc) is 3.15. The standard InChI is InChI=1S/C20H24N4O3S/c25-20-5-3-11-24(20)18-6-8-19(9-7-18)28(26,27)23-14-12-22(13-15-23)16-17-4-1-2-10-21-17/h1-2,4,6-10H,3,5,11-16H2. The Morgan fingerprint density at radius 1 is 0.929 bits per heavy atom. The third-order valence-corrected chi connectivity index (χ3v) is 7.22. The van der Waals surface area contributed by atoms with E-state index in [0.717, 1.165) is 24.3 Å². The van der Waals surface area contributed by atoms with Crippen LogP contribution in [0.3, 0.4) is 0 Å². The number of hydrogen-bond donors (Lipinski definition) is 0. The van der Waals surface area contributed by atoms with E-state index in [4.69, 9.17) is 0 Å². The molecule has 148 valence electrons. The summed E-state index contributed by atoms with van der Waals surface area (Å²) in [7, 11) is -3.52. The van der Waals surface area contributed by atoms with Crippen LogP contribution in [0.1, 0.15) is 18.5 Å². The topological polar surface area (TPSA) is 73.8 Å². The minimum Gasteiger partial charge on any atom is -0.312 e. The van der Waals surface area contributed by atoms with Crippen molar-refractivity contribution in [2.75, 3.05) is 37.6 Å². The summed E-state index contributed by atoms with van der Waals surface area (Å²) in [4.78, 5) is 20.4. The second-order valence-electron chi connectivity index (χ2n) is 7.14. The van der Waals surface area contributed by atoms with E-state index in [1.54, 1.807) is 35.4 Å². The van der Waals surface area contributed by atoms with Crippen LogP contribution in [-0.4, -0.2) is 61.2 Å². The molecular weight excluding hydrogens is 376 g/mol. The van der Waals surface area contributed by atoms with Crippen LogP contribution in [0, 0.1) is 0 Å². The molecule has 2 aliphatic rings. The number of pyridine rings is 1. The molecule has 4 rings (SSSR count). The van der Waals surface area contributed by atoms with E-state index in [0.29, 0.717) is 39.1 Å². The number of carbonyl (C=O) groups excluding carboxylic acids is 1. The first-order valence-electron chi connectivity index (χ1n) is 9.57. The van der Waals surface area contributed by atoms with E-state index in [-0.39, 0.29) is 10.8 Å². The van der Waals surface area contributed by atoms with Gasteiger partial charge in [-0.15, -0.1) is 0 Å². The lowest BCUT2D eigenvalue weighted by Gasteiger charge is -2.33. The highest BCUT2D eigenvalue weighted by Crippen LogP contribution is 2.25. The van der Waals surface area contributed by atoms with Crippen molar-refractivity contribution >= 4 is 21.6 Å². The van der Waals surface area contributed by atoms with E-state index in [1.807, 2.05) is 18.2 Å². The molecule has 8 heteroatoms. The molecule has 2 aliphatic heterocycles. The van der Waals surface area contributed by atoms with Gasteiger partial charge in [-0.2, -0.15) is 4.31 Å². The predicted molar refractivity (Wildman–Crippen MR) is 106 cm³/mol. The van der Waals surface area contributed by atoms with Gasteiger partial charge >= 0.3 is 0 Å². The maximum Gasteiger partial charge on any atom is 0.243 e. The number of sulfonamides is 1. The maximum atomic E-state index is 13.0. The summed E-state index contributed by atoms with van der Waals surface area (Å²) in [6.07, 6.45) is 3.18. The number of piperazine rings is 1. The van der Waals surface area contributed by atoms with Gasteiger partial charge in [0.15, 0.2) is 0 Å². The smallest absolute Gasteiger partial charge is 0.243 e. The molecule has 0 unspecified atom stereocenters.